The SMILES string of the molecule is CC(C)COCC(O)CNC(=O)c1noc2c1CCCC2. The van der Waals surface area contributed by atoms with E-state index < -0.39 is 6.10 Å². The minimum absolute atomic E-state index is 0.151. The third kappa shape index (κ3) is 4.54. The van der Waals surface area contributed by atoms with Gasteiger partial charge in [0, 0.05) is 25.1 Å². The van der Waals surface area contributed by atoms with Crippen LogP contribution in [0.1, 0.15) is 48.5 Å². The monoisotopic (exact) mass is 296 g/mol. The van der Waals surface area contributed by atoms with Crippen molar-refractivity contribution in [3.05, 3.63) is 17.0 Å². The lowest BCUT2D eigenvalue weighted by atomic mass is 9.96. The molecule has 2 rings (SSSR count). The Balaban J connectivity index is 1.78. The third-order valence-corrected chi connectivity index (χ3v) is 3.42. The standard InChI is InChI=1S/C15H24N2O4/c1-10(2)8-20-9-11(18)7-16-15(19)14-12-5-3-4-6-13(12)21-17-14/h10-11,18H,3-9H2,1-2H3,(H,16,19). The smallest absolute Gasteiger partial charge is 0.273 e. The first kappa shape index (κ1) is 16.0. The first-order chi connectivity index (χ1) is 10.1. The number of nitrogens with one attached hydrogen (secondary N) is 1. The van der Waals surface area contributed by atoms with Gasteiger partial charge in [0.2, 0.25) is 0 Å². The number of amides is 1. The number of hydrogen-bond donors (Lipinski definition) is 2. The predicted octanol–water partition coefficient (Wildman–Crippen LogP) is 1.32. The average Bonchev–Trinajstić information content (AvgIpc) is 2.88. The van der Waals surface area contributed by atoms with Crippen LogP contribution >= 0.6 is 0 Å². The van der Waals surface area contributed by atoms with E-state index in [2.05, 4.69) is 10.5 Å². The minimum Gasteiger partial charge on any atom is -0.389 e. The number of ether oxygens (including phenoxy) is 1. The lowest BCUT2D eigenvalue weighted by molar-refractivity contribution is 0.0258. The van der Waals surface area contributed by atoms with Crippen molar-refractivity contribution in [3.63, 3.8) is 0 Å². The fourth-order valence-corrected chi connectivity index (χ4v) is 2.36. The number of aliphatic hydroxyl groups excluding tert-OH is 1. The number of rotatable bonds is 7. The van der Waals surface area contributed by atoms with Crippen molar-refractivity contribution in [1.82, 2.24) is 10.5 Å². The van der Waals surface area contributed by atoms with Gasteiger partial charge in [-0.05, 0) is 25.2 Å². The number of fused-ring (bicyclic) bond motifs is 1. The molecule has 1 heterocycles. The van der Waals surface area contributed by atoms with Gasteiger partial charge in [0.1, 0.15) is 5.76 Å². The summed E-state index contributed by atoms with van der Waals surface area (Å²) in [5.41, 5.74) is 1.28. The van der Waals surface area contributed by atoms with Crippen molar-refractivity contribution in [2.45, 2.75) is 45.6 Å². The number of nitrogens with zero attached hydrogens (tertiary/aromatic N) is 1. The summed E-state index contributed by atoms with van der Waals surface area (Å²) in [6.07, 6.45) is 3.11. The Morgan fingerprint density at radius 2 is 2.14 bits per heavy atom. The first-order valence-electron chi connectivity index (χ1n) is 7.59. The summed E-state index contributed by atoms with van der Waals surface area (Å²) in [4.78, 5) is 12.1. The molecular weight excluding hydrogens is 272 g/mol. The van der Waals surface area contributed by atoms with E-state index in [0.29, 0.717) is 18.2 Å². The van der Waals surface area contributed by atoms with Gasteiger partial charge >= 0.3 is 0 Å². The summed E-state index contributed by atoms with van der Waals surface area (Å²) in [7, 11) is 0. The van der Waals surface area contributed by atoms with E-state index in [-0.39, 0.29) is 19.1 Å². The van der Waals surface area contributed by atoms with Gasteiger partial charge in [-0.3, -0.25) is 4.79 Å². The van der Waals surface area contributed by atoms with Gasteiger partial charge in [0.15, 0.2) is 5.69 Å². The van der Waals surface area contributed by atoms with Gasteiger partial charge in [-0.25, -0.2) is 0 Å². The van der Waals surface area contributed by atoms with Crippen LogP contribution < -0.4 is 5.32 Å². The number of carbonyl (C=O) groups is 1. The summed E-state index contributed by atoms with van der Waals surface area (Å²) < 4.78 is 10.5. The Morgan fingerprint density at radius 1 is 1.38 bits per heavy atom. The Labute approximate surface area is 124 Å². The number of aryl methyl sites for hydroxylation is 1. The van der Waals surface area contributed by atoms with Crippen molar-refractivity contribution in [3.8, 4) is 0 Å². The number of carbonyl (C=O) groups excluding carboxylic acids is 1. The molecule has 0 radical (unpaired) electrons. The molecular formula is C15H24N2O4. The second-order valence-electron chi connectivity index (χ2n) is 5.94. The van der Waals surface area contributed by atoms with E-state index in [1.165, 1.54) is 0 Å². The van der Waals surface area contributed by atoms with Crippen LogP contribution in [0.4, 0.5) is 0 Å². The highest BCUT2D eigenvalue weighted by atomic mass is 16.5. The second kappa shape index (κ2) is 7.56. The zero-order chi connectivity index (χ0) is 15.2. The van der Waals surface area contributed by atoms with Gasteiger partial charge in [0.05, 0.1) is 12.7 Å². The highest BCUT2D eigenvalue weighted by molar-refractivity contribution is 5.93. The molecule has 0 spiro atoms. The second-order valence-corrected chi connectivity index (χ2v) is 5.94. The average molecular weight is 296 g/mol. The molecule has 0 bridgehead atoms. The van der Waals surface area contributed by atoms with Gasteiger partial charge < -0.3 is 19.7 Å². The van der Waals surface area contributed by atoms with Crippen LogP contribution in [0, 0.1) is 5.92 Å². The highest BCUT2D eigenvalue weighted by Gasteiger charge is 2.24. The molecule has 0 fully saturated rings. The third-order valence-electron chi connectivity index (χ3n) is 3.42. The maximum absolute atomic E-state index is 12.1. The molecule has 6 heteroatoms. The van der Waals surface area contributed by atoms with Gasteiger partial charge in [-0.15, -0.1) is 0 Å². The van der Waals surface area contributed by atoms with Gasteiger partial charge in [-0.2, -0.15) is 0 Å². The molecule has 1 aliphatic rings. The maximum Gasteiger partial charge on any atom is 0.273 e. The highest BCUT2D eigenvalue weighted by Crippen LogP contribution is 2.23. The Hall–Kier alpha value is -1.40. The molecule has 0 saturated carbocycles. The van der Waals surface area contributed by atoms with E-state index in [1.807, 2.05) is 13.8 Å². The van der Waals surface area contributed by atoms with Crippen LogP contribution in [0.2, 0.25) is 0 Å². The maximum atomic E-state index is 12.1. The summed E-state index contributed by atoms with van der Waals surface area (Å²) in [5.74, 6) is 0.963. The molecule has 1 aliphatic carbocycles. The molecule has 0 aromatic carbocycles. The lowest BCUT2D eigenvalue weighted by Crippen LogP contribution is -2.35. The summed E-state index contributed by atoms with van der Waals surface area (Å²) in [6.45, 7) is 5.06. The van der Waals surface area contributed by atoms with E-state index in [0.717, 1.165) is 37.0 Å². The minimum atomic E-state index is -0.713. The van der Waals surface area contributed by atoms with Crippen LogP contribution in [0.5, 0.6) is 0 Å². The summed E-state index contributed by atoms with van der Waals surface area (Å²) in [6, 6.07) is 0. The molecule has 1 aromatic rings. The number of hydrogen-bond acceptors (Lipinski definition) is 5. The molecule has 118 valence electrons. The van der Waals surface area contributed by atoms with Crippen molar-refractivity contribution in [2.75, 3.05) is 19.8 Å². The van der Waals surface area contributed by atoms with Crippen LogP contribution in [-0.4, -0.2) is 42.0 Å². The van der Waals surface area contributed by atoms with Crippen LogP contribution in [0.3, 0.4) is 0 Å². The van der Waals surface area contributed by atoms with Crippen LogP contribution in [0.15, 0.2) is 4.52 Å². The predicted molar refractivity (Wildman–Crippen MR) is 77.1 cm³/mol. The molecule has 2 N–H and O–H groups in total. The number of aromatic nitrogens is 1. The van der Waals surface area contributed by atoms with E-state index in [1.54, 1.807) is 0 Å². The topological polar surface area (TPSA) is 84.6 Å². The Kier molecular flexibility index (Phi) is 5.76. The summed E-state index contributed by atoms with van der Waals surface area (Å²) in [5, 5.41) is 16.3. The Morgan fingerprint density at radius 3 is 2.90 bits per heavy atom. The van der Waals surface area contributed by atoms with Gasteiger partial charge in [0.25, 0.3) is 5.91 Å². The molecule has 1 atom stereocenters. The fourth-order valence-electron chi connectivity index (χ4n) is 2.36. The Bertz CT molecular complexity index is 470. The van der Waals surface area contributed by atoms with Crippen molar-refractivity contribution in [2.24, 2.45) is 5.92 Å². The van der Waals surface area contributed by atoms with Crippen molar-refractivity contribution in [1.29, 1.82) is 0 Å². The van der Waals surface area contributed by atoms with E-state index in [9.17, 15) is 9.90 Å². The first-order valence-corrected chi connectivity index (χ1v) is 7.59. The molecule has 1 aromatic heterocycles. The molecule has 6 nitrogen and oxygen atoms in total. The molecule has 21 heavy (non-hydrogen) atoms. The normalized spacial score (nSPS) is 15.8. The zero-order valence-corrected chi connectivity index (χ0v) is 12.7. The van der Waals surface area contributed by atoms with E-state index >= 15 is 0 Å². The van der Waals surface area contributed by atoms with E-state index in [4.69, 9.17) is 9.26 Å². The fraction of sp³-hybridized carbons (Fsp3) is 0.733. The van der Waals surface area contributed by atoms with Crippen LogP contribution in [0.25, 0.3) is 0 Å². The lowest BCUT2D eigenvalue weighted by Gasteiger charge is -2.13. The molecule has 0 aliphatic heterocycles. The van der Waals surface area contributed by atoms with Crippen molar-refractivity contribution < 1.29 is 19.2 Å². The quantitative estimate of drug-likeness (QED) is 0.792. The molecule has 1 amide bonds. The summed E-state index contributed by atoms with van der Waals surface area (Å²) >= 11 is 0. The van der Waals surface area contributed by atoms with Crippen molar-refractivity contribution >= 4 is 5.91 Å². The number of aliphatic hydroxyl groups is 1. The largest absolute Gasteiger partial charge is 0.389 e. The molecule has 1 unspecified atom stereocenters. The van der Waals surface area contributed by atoms with Crippen LogP contribution in [-0.2, 0) is 17.6 Å². The van der Waals surface area contributed by atoms with Gasteiger partial charge in [-0.1, -0.05) is 19.0 Å². The molecule has 0 saturated heterocycles. The zero-order valence-electron chi connectivity index (χ0n) is 12.7.